The zero-order chi connectivity index (χ0) is 17.5. The zero-order valence-electron chi connectivity index (χ0n) is 15.9. The summed E-state index contributed by atoms with van der Waals surface area (Å²) >= 11 is 5.62. The van der Waals surface area contributed by atoms with Gasteiger partial charge >= 0.3 is 0 Å². The average Bonchev–Trinajstić information content (AvgIpc) is 2.61. The summed E-state index contributed by atoms with van der Waals surface area (Å²) < 4.78 is 0. The summed E-state index contributed by atoms with van der Waals surface area (Å²) in [5, 5.41) is 7.87. The third-order valence-electron chi connectivity index (χ3n) is 5.45. The highest BCUT2D eigenvalue weighted by atomic mass is 32.1. The fourth-order valence-corrected chi connectivity index (χ4v) is 3.88. The van der Waals surface area contributed by atoms with Crippen molar-refractivity contribution in [2.75, 3.05) is 5.32 Å². The molecule has 24 heavy (non-hydrogen) atoms. The lowest BCUT2D eigenvalue weighted by atomic mass is 9.91. The first-order chi connectivity index (χ1) is 11.6. The van der Waals surface area contributed by atoms with Crippen LogP contribution in [0.3, 0.4) is 0 Å². The molecule has 134 valence electrons. The van der Waals surface area contributed by atoms with Gasteiger partial charge in [0.2, 0.25) is 0 Å². The maximum absolute atomic E-state index is 5.62. The Morgan fingerprint density at radius 2 is 1.67 bits per heavy atom. The molecule has 1 saturated carbocycles. The molecule has 0 saturated heterocycles. The second kappa shape index (κ2) is 9.41. The van der Waals surface area contributed by atoms with Crippen molar-refractivity contribution in [2.24, 2.45) is 0 Å². The van der Waals surface area contributed by atoms with Crippen LogP contribution in [-0.4, -0.2) is 11.2 Å². The summed E-state index contributed by atoms with van der Waals surface area (Å²) in [5.74, 6) is 0.613. The Balaban J connectivity index is 2.16. The van der Waals surface area contributed by atoms with Gasteiger partial charge in [0.05, 0.1) is 0 Å². The van der Waals surface area contributed by atoms with Gasteiger partial charge in [-0.3, -0.25) is 0 Å². The molecule has 0 aliphatic heterocycles. The molecule has 0 amide bonds. The Kier molecular flexibility index (Phi) is 7.54. The molecular weight excluding hydrogens is 312 g/mol. The normalized spacial score (nSPS) is 16.7. The van der Waals surface area contributed by atoms with Gasteiger partial charge in [-0.05, 0) is 66.9 Å². The second-order valence-corrected chi connectivity index (χ2v) is 7.57. The predicted molar refractivity (Wildman–Crippen MR) is 110 cm³/mol. The molecule has 2 nitrogen and oxygen atoms in total. The van der Waals surface area contributed by atoms with E-state index in [1.165, 1.54) is 60.9 Å². The van der Waals surface area contributed by atoms with Crippen LogP contribution < -0.4 is 10.6 Å². The van der Waals surface area contributed by atoms with Gasteiger partial charge < -0.3 is 10.6 Å². The van der Waals surface area contributed by atoms with E-state index in [0.717, 1.165) is 18.0 Å². The minimum atomic E-state index is 0.549. The largest absolute Gasteiger partial charge is 0.360 e. The van der Waals surface area contributed by atoms with Gasteiger partial charge in [-0.1, -0.05) is 59.1 Å². The summed E-state index contributed by atoms with van der Waals surface area (Å²) in [6.45, 7) is 9.05. The summed E-state index contributed by atoms with van der Waals surface area (Å²) in [4.78, 5) is 0. The maximum atomic E-state index is 5.62. The van der Waals surface area contributed by atoms with Gasteiger partial charge in [0, 0.05) is 11.7 Å². The SMILES string of the molecule is CCc1cc(C(C)CC)cc(CC)c1NC(=S)NC1CCCCC1. The molecule has 1 atom stereocenters. The van der Waals surface area contributed by atoms with Crippen LogP contribution in [0.1, 0.15) is 88.8 Å². The van der Waals surface area contributed by atoms with Crippen molar-refractivity contribution in [3.05, 3.63) is 28.8 Å². The molecule has 1 fully saturated rings. The van der Waals surface area contributed by atoms with E-state index < -0.39 is 0 Å². The van der Waals surface area contributed by atoms with Gasteiger partial charge in [0.1, 0.15) is 0 Å². The summed E-state index contributed by atoms with van der Waals surface area (Å²) in [6, 6.07) is 5.30. The van der Waals surface area contributed by atoms with E-state index in [1.54, 1.807) is 0 Å². The topological polar surface area (TPSA) is 24.1 Å². The number of hydrogen-bond donors (Lipinski definition) is 2. The van der Waals surface area contributed by atoms with Crippen LogP contribution in [0.2, 0.25) is 0 Å². The number of anilines is 1. The molecule has 2 rings (SSSR count). The number of rotatable bonds is 6. The van der Waals surface area contributed by atoms with Crippen molar-refractivity contribution in [1.29, 1.82) is 0 Å². The number of thiocarbonyl (C=S) groups is 1. The molecule has 2 N–H and O–H groups in total. The lowest BCUT2D eigenvalue weighted by molar-refractivity contribution is 0.415. The van der Waals surface area contributed by atoms with Gasteiger partial charge in [0.15, 0.2) is 5.11 Å². The van der Waals surface area contributed by atoms with E-state index in [1.807, 2.05) is 0 Å². The average molecular weight is 347 g/mol. The standard InChI is InChI=1S/C21H34N2S/c1-5-15(4)18-13-16(6-2)20(17(7-3)14-18)23-21(24)22-19-11-9-8-10-12-19/h13-15,19H,5-12H2,1-4H3,(H2,22,23,24). The van der Waals surface area contributed by atoms with E-state index in [4.69, 9.17) is 12.2 Å². The van der Waals surface area contributed by atoms with E-state index in [2.05, 4.69) is 50.5 Å². The van der Waals surface area contributed by atoms with Crippen molar-refractivity contribution in [2.45, 2.75) is 91.0 Å². The minimum Gasteiger partial charge on any atom is -0.360 e. The first-order valence-electron chi connectivity index (χ1n) is 9.82. The first kappa shape index (κ1) is 19.2. The smallest absolute Gasteiger partial charge is 0.171 e. The third-order valence-corrected chi connectivity index (χ3v) is 5.67. The van der Waals surface area contributed by atoms with Crippen molar-refractivity contribution >= 4 is 23.0 Å². The molecule has 1 aromatic rings. The number of aryl methyl sites for hydroxylation is 2. The quantitative estimate of drug-likeness (QED) is 0.623. The molecule has 1 aliphatic carbocycles. The third kappa shape index (κ3) is 4.95. The molecule has 0 bridgehead atoms. The molecule has 1 aromatic carbocycles. The Morgan fingerprint density at radius 3 is 2.17 bits per heavy atom. The number of nitrogens with one attached hydrogen (secondary N) is 2. The van der Waals surface area contributed by atoms with E-state index in [0.29, 0.717) is 12.0 Å². The van der Waals surface area contributed by atoms with Crippen LogP contribution in [0.4, 0.5) is 5.69 Å². The van der Waals surface area contributed by atoms with Crippen molar-refractivity contribution in [3.63, 3.8) is 0 Å². The Labute approximate surface area is 153 Å². The zero-order valence-corrected chi connectivity index (χ0v) is 16.7. The van der Waals surface area contributed by atoms with Crippen LogP contribution in [0.25, 0.3) is 0 Å². The van der Waals surface area contributed by atoms with E-state index in [-0.39, 0.29) is 0 Å². The predicted octanol–water partition coefficient (Wildman–Crippen LogP) is 5.94. The highest BCUT2D eigenvalue weighted by Gasteiger charge is 2.16. The fraction of sp³-hybridized carbons (Fsp3) is 0.667. The lowest BCUT2D eigenvalue weighted by Gasteiger charge is -2.26. The summed E-state index contributed by atoms with van der Waals surface area (Å²) in [6.07, 6.45) is 9.76. The fourth-order valence-electron chi connectivity index (χ4n) is 3.61. The molecule has 1 aliphatic rings. The molecule has 3 heteroatoms. The molecule has 0 spiro atoms. The van der Waals surface area contributed by atoms with Crippen LogP contribution in [0.15, 0.2) is 12.1 Å². The van der Waals surface area contributed by atoms with E-state index in [9.17, 15) is 0 Å². The maximum Gasteiger partial charge on any atom is 0.171 e. The first-order valence-corrected chi connectivity index (χ1v) is 10.2. The molecule has 1 unspecified atom stereocenters. The number of benzene rings is 1. The molecular formula is C21H34N2S. The molecule has 0 heterocycles. The van der Waals surface area contributed by atoms with Gasteiger partial charge in [-0.25, -0.2) is 0 Å². The second-order valence-electron chi connectivity index (χ2n) is 7.16. The Hall–Kier alpha value is -1.09. The number of hydrogen-bond acceptors (Lipinski definition) is 1. The van der Waals surface area contributed by atoms with Crippen LogP contribution >= 0.6 is 12.2 Å². The van der Waals surface area contributed by atoms with Crippen molar-refractivity contribution < 1.29 is 0 Å². The summed E-state index contributed by atoms with van der Waals surface area (Å²) in [7, 11) is 0. The highest BCUT2D eigenvalue weighted by molar-refractivity contribution is 7.80. The lowest BCUT2D eigenvalue weighted by Crippen LogP contribution is -2.39. The van der Waals surface area contributed by atoms with Gasteiger partial charge in [-0.15, -0.1) is 0 Å². The van der Waals surface area contributed by atoms with Crippen LogP contribution in [0, 0.1) is 0 Å². The van der Waals surface area contributed by atoms with Crippen molar-refractivity contribution in [1.82, 2.24) is 5.32 Å². The van der Waals surface area contributed by atoms with Crippen LogP contribution in [0.5, 0.6) is 0 Å². The van der Waals surface area contributed by atoms with Crippen LogP contribution in [-0.2, 0) is 12.8 Å². The summed E-state index contributed by atoms with van der Waals surface area (Å²) in [5.41, 5.74) is 5.47. The molecule has 0 radical (unpaired) electrons. The van der Waals surface area contributed by atoms with Gasteiger partial charge in [0.25, 0.3) is 0 Å². The van der Waals surface area contributed by atoms with Gasteiger partial charge in [-0.2, -0.15) is 0 Å². The van der Waals surface area contributed by atoms with Crippen molar-refractivity contribution in [3.8, 4) is 0 Å². The Bertz CT molecular complexity index is 522. The monoisotopic (exact) mass is 346 g/mol. The van der Waals surface area contributed by atoms with E-state index >= 15 is 0 Å². The molecule has 0 aromatic heterocycles. The Morgan fingerprint density at radius 1 is 1.08 bits per heavy atom. The minimum absolute atomic E-state index is 0.549. The highest BCUT2D eigenvalue weighted by Crippen LogP contribution is 2.30.